The van der Waals surface area contributed by atoms with Crippen LogP contribution in [0, 0.1) is 0 Å². The van der Waals surface area contributed by atoms with Crippen molar-refractivity contribution in [3.8, 4) is 16.9 Å². The maximum Gasteiger partial charge on any atom is 0.268 e. The molecule has 3 N–H and O–H groups in total. The van der Waals surface area contributed by atoms with E-state index in [0.29, 0.717) is 19.6 Å². The average Bonchev–Trinajstić information content (AvgIpc) is 3.15. The molecule has 0 bridgehead atoms. The van der Waals surface area contributed by atoms with Gasteiger partial charge in [0.2, 0.25) is 0 Å². The lowest BCUT2D eigenvalue weighted by Gasteiger charge is -2.12. The maximum absolute atomic E-state index is 11.0. The summed E-state index contributed by atoms with van der Waals surface area (Å²) in [6.45, 7) is 0.893. The fourth-order valence-corrected chi connectivity index (χ4v) is 2.81. The van der Waals surface area contributed by atoms with Gasteiger partial charge in [-0.05, 0) is 36.1 Å². The minimum absolute atomic E-state index is 0.199. The van der Waals surface area contributed by atoms with Gasteiger partial charge in [-0.3, -0.25) is 4.79 Å². The first-order valence-corrected chi connectivity index (χ1v) is 8.90. The molecule has 1 unspecified atom stereocenters. The van der Waals surface area contributed by atoms with Gasteiger partial charge in [0.1, 0.15) is 11.4 Å². The normalized spacial score (nSPS) is 11.9. The van der Waals surface area contributed by atoms with Crippen LogP contribution >= 0.6 is 0 Å². The van der Waals surface area contributed by atoms with Gasteiger partial charge >= 0.3 is 0 Å². The minimum Gasteiger partial charge on any atom is -0.494 e. The molecule has 0 aliphatic rings. The lowest BCUT2D eigenvalue weighted by molar-refractivity contribution is 0.0995. The number of aliphatic hydroxyl groups excluding tert-OH is 1. The SMILES string of the molecule is NC(=O)c1cn(CC(O)CCCOc2ccc(-c3ccccc3)cc2)cn1. The van der Waals surface area contributed by atoms with E-state index in [9.17, 15) is 9.90 Å². The summed E-state index contributed by atoms with van der Waals surface area (Å²) in [7, 11) is 0. The molecular formula is C21H23N3O3. The van der Waals surface area contributed by atoms with Crippen molar-refractivity contribution < 1.29 is 14.6 Å². The van der Waals surface area contributed by atoms with Gasteiger partial charge in [0.15, 0.2) is 0 Å². The van der Waals surface area contributed by atoms with E-state index < -0.39 is 12.0 Å². The molecule has 0 spiro atoms. The van der Waals surface area contributed by atoms with Crippen LogP contribution in [0.5, 0.6) is 5.75 Å². The zero-order valence-corrected chi connectivity index (χ0v) is 15.0. The Hall–Kier alpha value is -3.12. The molecule has 27 heavy (non-hydrogen) atoms. The first-order chi connectivity index (χ1) is 13.1. The quantitative estimate of drug-likeness (QED) is 0.571. The largest absolute Gasteiger partial charge is 0.494 e. The monoisotopic (exact) mass is 365 g/mol. The summed E-state index contributed by atoms with van der Waals surface area (Å²) in [4.78, 5) is 14.9. The highest BCUT2D eigenvalue weighted by molar-refractivity contribution is 5.90. The number of nitrogens with two attached hydrogens (primary N) is 1. The Bertz CT molecular complexity index is 860. The highest BCUT2D eigenvalue weighted by atomic mass is 16.5. The first-order valence-electron chi connectivity index (χ1n) is 8.90. The Morgan fingerprint density at radius 1 is 1.11 bits per heavy atom. The van der Waals surface area contributed by atoms with Crippen molar-refractivity contribution >= 4 is 5.91 Å². The predicted octanol–water partition coefficient (Wildman–Crippen LogP) is 2.87. The Labute approximate surface area is 158 Å². The Kier molecular flexibility index (Phi) is 6.22. The number of primary amides is 1. The Balaban J connectivity index is 1.40. The summed E-state index contributed by atoms with van der Waals surface area (Å²) in [5.74, 6) is 0.236. The third-order valence-electron chi connectivity index (χ3n) is 4.22. The molecule has 3 rings (SSSR count). The third kappa shape index (κ3) is 5.43. The zero-order chi connectivity index (χ0) is 19.1. The molecule has 1 heterocycles. The molecule has 1 amide bonds. The second-order valence-corrected chi connectivity index (χ2v) is 6.35. The Morgan fingerprint density at radius 3 is 2.48 bits per heavy atom. The van der Waals surface area contributed by atoms with Crippen molar-refractivity contribution in [2.24, 2.45) is 5.73 Å². The van der Waals surface area contributed by atoms with Crippen molar-refractivity contribution in [2.45, 2.75) is 25.5 Å². The highest BCUT2D eigenvalue weighted by Crippen LogP contribution is 2.22. The molecule has 6 nitrogen and oxygen atoms in total. The summed E-state index contributed by atoms with van der Waals surface area (Å²) in [5.41, 5.74) is 7.68. The van der Waals surface area contributed by atoms with Crippen molar-refractivity contribution in [1.82, 2.24) is 9.55 Å². The third-order valence-corrected chi connectivity index (χ3v) is 4.22. The molecule has 0 saturated heterocycles. The van der Waals surface area contributed by atoms with Crippen molar-refractivity contribution in [1.29, 1.82) is 0 Å². The number of imidazole rings is 1. The molecule has 1 atom stereocenters. The van der Waals surface area contributed by atoms with Gasteiger partial charge < -0.3 is 20.1 Å². The van der Waals surface area contributed by atoms with E-state index in [0.717, 1.165) is 17.7 Å². The molecule has 0 aliphatic heterocycles. The van der Waals surface area contributed by atoms with Gasteiger partial charge in [0, 0.05) is 12.7 Å². The van der Waals surface area contributed by atoms with Gasteiger partial charge in [0.05, 0.1) is 19.0 Å². The molecule has 0 radical (unpaired) electrons. The van der Waals surface area contributed by atoms with Crippen molar-refractivity contribution in [2.75, 3.05) is 6.61 Å². The standard InChI is InChI=1S/C21H23N3O3/c22-21(26)20-14-24(15-23-20)13-18(25)7-4-12-27-19-10-8-17(9-11-19)16-5-2-1-3-6-16/h1-3,5-6,8-11,14-15,18,25H,4,7,12-13H2,(H2,22,26). The number of hydrogen-bond donors (Lipinski definition) is 2. The number of amides is 1. The topological polar surface area (TPSA) is 90.4 Å². The molecule has 1 aromatic heterocycles. The molecule has 140 valence electrons. The predicted molar refractivity (Wildman–Crippen MR) is 103 cm³/mol. The van der Waals surface area contributed by atoms with Gasteiger partial charge in [-0.25, -0.2) is 4.98 Å². The molecule has 6 heteroatoms. The number of aromatic nitrogens is 2. The van der Waals surface area contributed by atoms with Crippen LogP contribution in [0.15, 0.2) is 67.1 Å². The number of carbonyl (C=O) groups is 1. The van der Waals surface area contributed by atoms with Crippen LogP contribution in [0.25, 0.3) is 11.1 Å². The summed E-state index contributed by atoms with van der Waals surface area (Å²) >= 11 is 0. The van der Waals surface area contributed by atoms with Gasteiger partial charge in [-0.15, -0.1) is 0 Å². The summed E-state index contributed by atoms with van der Waals surface area (Å²) < 4.78 is 7.40. The summed E-state index contributed by atoms with van der Waals surface area (Å²) in [6, 6.07) is 18.2. The lowest BCUT2D eigenvalue weighted by Crippen LogP contribution is -2.16. The average molecular weight is 365 g/mol. The van der Waals surface area contributed by atoms with Crippen LogP contribution in [-0.2, 0) is 6.54 Å². The molecule has 0 fully saturated rings. The molecule has 0 saturated carbocycles. The van der Waals surface area contributed by atoms with Crippen LogP contribution in [0.3, 0.4) is 0 Å². The molecule has 2 aromatic carbocycles. The van der Waals surface area contributed by atoms with Crippen molar-refractivity contribution in [3.63, 3.8) is 0 Å². The summed E-state index contributed by atoms with van der Waals surface area (Å²) in [6.07, 6.45) is 3.80. The smallest absolute Gasteiger partial charge is 0.268 e. The number of ether oxygens (including phenoxy) is 1. The lowest BCUT2D eigenvalue weighted by atomic mass is 10.1. The van der Waals surface area contributed by atoms with Gasteiger partial charge in [-0.2, -0.15) is 0 Å². The molecule has 0 aliphatic carbocycles. The first kappa shape index (κ1) is 18.7. The fraction of sp³-hybridized carbons (Fsp3) is 0.238. The number of carbonyl (C=O) groups excluding carboxylic acids is 1. The van der Waals surface area contributed by atoms with Crippen LogP contribution in [-0.4, -0.2) is 33.3 Å². The fourth-order valence-electron chi connectivity index (χ4n) is 2.81. The Morgan fingerprint density at radius 2 is 1.81 bits per heavy atom. The summed E-state index contributed by atoms with van der Waals surface area (Å²) in [5, 5.41) is 10.1. The van der Waals surface area contributed by atoms with E-state index in [4.69, 9.17) is 10.5 Å². The van der Waals surface area contributed by atoms with E-state index in [1.54, 1.807) is 4.57 Å². The van der Waals surface area contributed by atoms with Gasteiger partial charge in [0.25, 0.3) is 5.91 Å². The van der Waals surface area contributed by atoms with Crippen molar-refractivity contribution in [3.05, 3.63) is 72.8 Å². The van der Waals surface area contributed by atoms with E-state index >= 15 is 0 Å². The molecular weight excluding hydrogens is 342 g/mol. The van der Waals surface area contributed by atoms with E-state index in [1.165, 1.54) is 18.1 Å². The maximum atomic E-state index is 11.0. The number of rotatable bonds is 9. The van der Waals surface area contributed by atoms with E-state index in [-0.39, 0.29) is 5.69 Å². The number of aliphatic hydroxyl groups is 1. The van der Waals surface area contributed by atoms with E-state index in [2.05, 4.69) is 17.1 Å². The zero-order valence-electron chi connectivity index (χ0n) is 15.0. The van der Waals surface area contributed by atoms with E-state index in [1.807, 2.05) is 42.5 Å². The second kappa shape index (κ2) is 9.00. The van der Waals surface area contributed by atoms with Crippen LogP contribution in [0.2, 0.25) is 0 Å². The molecule has 3 aromatic rings. The van der Waals surface area contributed by atoms with Crippen LogP contribution in [0.1, 0.15) is 23.3 Å². The number of hydrogen-bond acceptors (Lipinski definition) is 4. The van der Waals surface area contributed by atoms with Gasteiger partial charge in [-0.1, -0.05) is 42.5 Å². The minimum atomic E-state index is -0.574. The number of nitrogens with zero attached hydrogens (tertiary/aromatic N) is 2. The van der Waals surface area contributed by atoms with Crippen LogP contribution in [0.4, 0.5) is 0 Å². The number of benzene rings is 2. The van der Waals surface area contributed by atoms with Crippen LogP contribution < -0.4 is 10.5 Å². The highest BCUT2D eigenvalue weighted by Gasteiger charge is 2.09. The second-order valence-electron chi connectivity index (χ2n) is 6.35.